The number of rotatable bonds is 4. The van der Waals surface area contributed by atoms with Crippen molar-refractivity contribution in [1.82, 2.24) is 14.9 Å². The lowest BCUT2D eigenvalue weighted by Crippen LogP contribution is -2.45. The van der Waals surface area contributed by atoms with Crippen LogP contribution >= 0.6 is 0 Å². The molecule has 7 heteroatoms. The molecule has 2 aromatic rings. The van der Waals surface area contributed by atoms with Crippen LogP contribution in [0.5, 0.6) is 0 Å². The summed E-state index contributed by atoms with van der Waals surface area (Å²) in [6.45, 7) is 4.06. The van der Waals surface area contributed by atoms with E-state index in [-0.39, 0.29) is 11.9 Å². The summed E-state index contributed by atoms with van der Waals surface area (Å²) >= 11 is 0. The molecule has 2 unspecified atom stereocenters. The van der Waals surface area contributed by atoms with Crippen LogP contribution in [0.1, 0.15) is 43.6 Å². The number of likely N-dealkylation sites (tertiary alicyclic amines) is 1. The minimum absolute atomic E-state index is 0.209. The van der Waals surface area contributed by atoms with Crippen LogP contribution in [0.15, 0.2) is 30.5 Å². The molecule has 1 N–H and O–H groups in total. The summed E-state index contributed by atoms with van der Waals surface area (Å²) in [6.07, 6.45) is 5.53. The van der Waals surface area contributed by atoms with Crippen molar-refractivity contribution in [3.63, 3.8) is 0 Å². The second-order valence-corrected chi connectivity index (χ2v) is 9.43. The van der Waals surface area contributed by atoms with E-state index in [1.165, 1.54) is 12.5 Å². The van der Waals surface area contributed by atoms with Crippen LogP contribution in [0.3, 0.4) is 0 Å². The van der Waals surface area contributed by atoms with Crippen molar-refractivity contribution in [2.75, 3.05) is 12.8 Å². The number of benzene rings is 1. The zero-order valence-electron chi connectivity index (χ0n) is 15.4. The van der Waals surface area contributed by atoms with Crippen LogP contribution in [0.2, 0.25) is 0 Å². The summed E-state index contributed by atoms with van der Waals surface area (Å²) in [5, 5.41) is -1.03. The topological polar surface area (TPSA) is 83.1 Å². The monoisotopic (exact) mass is 375 g/mol. The quantitative estimate of drug-likeness (QED) is 0.891. The molecule has 0 saturated carbocycles. The highest BCUT2D eigenvalue weighted by Crippen LogP contribution is 2.31. The van der Waals surface area contributed by atoms with Crippen LogP contribution < -0.4 is 0 Å². The van der Waals surface area contributed by atoms with E-state index >= 15 is 0 Å². The van der Waals surface area contributed by atoms with Crippen molar-refractivity contribution in [2.45, 2.75) is 44.4 Å². The van der Waals surface area contributed by atoms with E-state index in [0.717, 1.165) is 36.8 Å². The maximum atomic E-state index is 12.7. The molecule has 2 atom stereocenters. The van der Waals surface area contributed by atoms with Crippen molar-refractivity contribution >= 4 is 15.7 Å². The molecular formula is C19H25N3O3S. The van der Waals surface area contributed by atoms with E-state index in [9.17, 15) is 13.2 Å². The molecule has 1 fully saturated rings. The van der Waals surface area contributed by atoms with Gasteiger partial charge in [0, 0.05) is 12.8 Å². The molecule has 1 aliphatic rings. The molecule has 26 heavy (non-hydrogen) atoms. The summed E-state index contributed by atoms with van der Waals surface area (Å²) < 4.78 is 23.6. The van der Waals surface area contributed by atoms with Gasteiger partial charge in [-0.2, -0.15) is 0 Å². The second kappa shape index (κ2) is 7.23. The van der Waals surface area contributed by atoms with E-state index in [4.69, 9.17) is 0 Å². The van der Waals surface area contributed by atoms with E-state index in [0.29, 0.717) is 12.4 Å². The number of piperidine rings is 1. The number of aromatic amines is 1. The molecule has 1 aliphatic heterocycles. The Balaban J connectivity index is 1.86. The number of hydrogen-bond acceptors (Lipinski definition) is 4. The number of nitrogens with one attached hydrogen (secondary N) is 1. The summed E-state index contributed by atoms with van der Waals surface area (Å²) in [6, 6.07) is 7.93. The zero-order chi connectivity index (χ0) is 18.9. The number of H-pyrrole nitrogens is 1. The third-order valence-corrected chi connectivity index (χ3v) is 6.54. The number of aromatic nitrogens is 2. The average molecular weight is 375 g/mol. The molecule has 1 aromatic carbocycles. The van der Waals surface area contributed by atoms with E-state index in [1.807, 2.05) is 31.2 Å². The molecule has 1 saturated heterocycles. The largest absolute Gasteiger partial charge is 0.340 e. The number of carbonyl (C=O) groups is 1. The highest BCUT2D eigenvalue weighted by atomic mass is 32.2. The normalized spacial score (nSPS) is 19.3. The Bertz CT molecular complexity index is 887. The number of sulfone groups is 1. The smallest absolute Gasteiger partial charge is 0.241 e. The van der Waals surface area contributed by atoms with Gasteiger partial charge < -0.3 is 9.88 Å². The van der Waals surface area contributed by atoms with Crippen molar-refractivity contribution in [2.24, 2.45) is 0 Å². The van der Waals surface area contributed by atoms with Gasteiger partial charge in [0.25, 0.3) is 0 Å². The second-order valence-electron chi connectivity index (χ2n) is 7.06. The molecule has 0 bridgehead atoms. The molecule has 1 aromatic heterocycles. The lowest BCUT2D eigenvalue weighted by molar-refractivity contribution is -0.134. The van der Waals surface area contributed by atoms with Crippen LogP contribution in [-0.4, -0.2) is 47.2 Å². The van der Waals surface area contributed by atoms with Gasteiger partial charge in [-0.15, -0.1) is 0 Å². The summed E-state index contributed by atoms with van der Waals surface area (Å²) in [5.74, 6) is 0.375. The fraction of sp³-hybridized carbons (Fsp3) is 0.474. The van der Waals surface area contributed by atoms with Crippen molar-refractivity contribution < 1.29 is 13.2 Å². The van der Waals surface area contributed by atoms with Gasteiger partial charge in [-0.1, -0.05) is 29.8 Å². The number of amides is 1. The summed E-state index contributed by atoms with van der Waals surface area (Å²) in [7, 11) is -3.42. The minimum atomic E-state index is -3.42. The Morgan fingerprint density at radius 2 is 1.96 bits per heavy atom. The molecule has 2 heterocycles. The van der Waals surface area contributed by atoms with Gasteiger partial charge in [0.2, 0.25) is 5.91 Å². The van der Waals surface area contributed by atoms with Gasteiger partial charge >= 0.3 is 0 Å². The Morgan fingerprint density at radius 1 is 1.27 bits per heavy atom. The molecule has 6 nitrogen and oxygen atoms in total. The van der Waals surface area contributed by atoms with Crippen molar-refractivity contribution in [3.8, 4) is 11.3 Å². The molecular weight excluding hydrogens is 350 g/mol. The zero-order valence-corrected chi connectivity index (χ0v) is 16.2. The Morgan fingerprint density at radius 3 is 2.62 bits per heavy atom. The molecule has 0 aliphatic carbocycles. The molecule has 140 valence electrons. The number of aryl methyl sites for hydroxylation is 1. The Hall–Kier alpha value is -2.15. The number of nitrogens with zero attached hydrogens (tertiary/aromatic N) is 2. The molecule has 0 spiro atoms. The number of hydrogen-bond donors (Lipinski definition) is 1. The fourth-order valence-corrected chi connectivity index (χ4v) is 3.78. The predicted molar refractivity (Wildman–Crippen MR) is 101 cm³/mol. The van der Waals surface area contributed by atoms with Gasteiger partial charge in [-0.3, -0.25) is 4.79 Å². The number of imidazole rings is 1. The summed E-state index contributed by atoms with van der Waals surface area (Å²) in [5.41, 5.74) is 3.12. The highest BCUT2D eigenvalue weighted by molar-refractivity contribution is 7.92. The average Bonchev–Trinajstić information content (AvgIpc) is 3.10. The lowest BCUT2D eigenvalue weighted by Gasteiger charge is -2.35. The first-order valence-corrected chi connectivity index (χ1v) is 10.8. The maximum absolute atomic E-state index is 12.7. The maximum Gasteiger partial charge on any atom is 0.241 e. The molecule has 3 rings (SSSR count). The standard InChI is InChI=1S/C19H25N3O3S/c1-13-7-9-15(10-8-13)16-12-20-18(21-16)17-6-4-5-11-22(17)19(23)14(2)26(3,24)25/h7-10,12,14,17H,4-6,11H2,1-3H3,(H,20,21). The first-order chi connectivity index (χ1) is 12.3. The third-order valence-electron chi connectivity index (χ3n) is 5.05. The lowest BCUT2D eigenvalue weighted by atomic mass is 10.0. The van der Waals surface area contributed by atoms with Gasteiger partial charge in [0.15, 0.2) is 9.84 Å². The summed E-state index contributed by atoms with van der Waals surface area (Å²) in [4.78, 5) is 22.2. The Labute approximate surface area is 154 Å². The SMILES string of the molecule is Cc1ccc(-c2cnc(C3CCCCN3C(=O)C(C)S(C)(=O)=O)[nH]2)cc1. The number of carbonyl (C=O) groups excluding carboxylic acids is 1. The minimum Gasteiger partial charge on any atom is -0.340 e. The van der Waals surface area contributed by atoms with Crippen LogP contribution in [0.25, 0.3) is 11.3 Å². The van der Waals surface area contributed by atoms with Crippen LogP contribution in [0.4, 0.5) is 0 Å². The fourth-order valence-electron chi connectivity index (χ4n) is 3.28. The Kier molecular flexibility index (Phi) is 5.18. The van der Waals surface area contributed by atoms with Gasteiger partial charge in [-0.25, -0.2) is 13.4 Å². The predicted octanol–water partition coefficient (Wildman–Crippen LogP) is 2.87. The van der Waals surface area contributed by atoms with E-state index in [2.05, 4.69) is 9.97 Å². The molecule has 0 radical (unpaired) electrons. The van der Waals surface area contributed by atoms with Crippen molar-refractivity contribution in [1.29, 1.82) is 0 Å². The molecule has 1 amide bonds. The third kappa shape index (κ3) is 3.82. The van der Waals surface area contributed by atoms with E-state index in [1.54, 1.807) is 11.1 Å². The van der Waals surface area contributed by atoms with Crippen molar-refractivity contribution in [3.05, 3.63) is 41.9 Å². The highest BCUT2D eigenvalue weighted by Gasteiger charge is 2.35. The van der Waals surface area contributed by atoms with Crippen LogP contribution in [0, 0.1) is 6.92 Å². The first-order valence-electron chi connectivity index (χ1n) is 8.88. The van der Waals surface area contributed by atoms with E-state index < -0.39 is 15.1 Å². The van der Waals surface area contributed by atoms with Gasteiger partial charge in [0.05, 0.1) is 17.9 Å². The van der Waals surface area contributed by atoms with Gasteiger partial charge in [-0.05, 0) is 38.7 Å². The van der Waals surface area contributed by atoms with Gasteiger partial charge in [0.1, 0.15) is 11.1 Å². The van der Waals surface area contributed by atoms with Crippen LogP contribution in [-0.2, 0) is 14.6 Å². The first kappa shape index (κ1) is 18.6.